The van der Waals surface area contributed by atoms with Crippen LogP contribution in [0.5, 0.6) is 0 Å². The van der Waals surface area contributed by atoms with Crippen molar-refractivity contribution in [2.75, 3.05) is 39.6 Å². The summed E-state index contributed by atoms with van der Waals surface area (Å²) in [5.74, 6) is 0. The lowest BCUT2D eigenvalue weighted by atomic mass is 9.97. The van der Waals surface area contributed by atoms with Gasteiger partial charge in [-0.2, -0.15) is 0 Å². The van der Waals surface area contributed by atoms with E-state index in [-0.39, 0.29) is 26.1 Å². The summed E-state index contributed by atoms with van der Waals surface area (Å²) < 4.78 is 43.6. The molecule has 22 heteroatoms. The fourth-order valence-electron chi connectivity index (χ4n) is 5.99. The Labute approximate surface area is 285 Å². The van der Waals surface area contributed by atoms with E-state index in [1.807, 2.05) is 0 Å². The lowest BCUT2D eigenvalue weighted by Crippen LogP contribution is -2.64. The van der Waals surface area contributed by atoms with Gasteiger partial charge in [0.05, 0.1) is 26.4 Å². The largest absolute Gasteiger partial charge is 0.394 e. The summed E-state index contributed by atoms with van der Waals surface area (Å²) in [6.45, 7) is -3.08. The number of unbranched alkanes of at least 4 members (excludes halogenated alkanes) is 1. The zero-order valence-electron chi connectivity index (χ0n) is 26.7. The maximum absolute atomic E-state index is 10.7. The average Bonchev–Trinajstić information content (AvgIpc) is 3.11. The highest BCUT2D eigenvalue weighted by molar-refractivity contribution is 4.95. The van der Waals surface area contributed by atoms with Crippen LogP contribution in [0.15, 0.2) is 0 Å². The number of aliphatic hydroxyl groups is 14. The third-order valence-electron chi connectivity index (χ3n) is 9.02. The van der Waals surface area contributed by atoms with Crippen LogP contribution in [0.3, 0.4) is 0 Å². The molecular formula is C28H50O22. The molecule has 0 radical (unpaired) electrons. The molecule has 294 valence electrons. The molecule has 0 saturated carbocycles. The molecule has 50 heavy (non-hydrogen) atoms. The SMILES string of the molecule is OC[C@H]1O[C@H](O[C@H]2[C@H](O)[C@@H](O)[C@H](OCCCCO[C@H]3O[C@H](CO)[C@@H](O[C@H]4O[C@H](CO)[C@@H](O)[C@H](O)[C@H]4O)[C@H](O)[C@H]3O)O[C@@H]2CO)[C@H](O)[C@@H](O)[C@@H]1O. The van der Waals surface area contributed by atoms with Gasteiger partial charge in [0.15, 0.2) is 25.2 Å². The molecule has 0 aromatic rings. The van der Waals surface area contributed by atoms with E-state index in [4.69, 9.17) is 37.9 Å². The minimum absolute atomic E-state index is 0.0703. The minimum Gasteiger partial charge on any atom is -0.394 e. The second-order valence-corrected chi connectivity index (χ2v) is 12.5. The number of hydrogen-bond acceptors (Lipinski definition) is 22. The van der Waals surface area contributed by atoms with Crippen molar-refractivity contribution in [3.05, 3.63) is 0 Å². The molecule has 4 aliphatic heterocycles. The van der Waals surface area contributed by atoms with Crippen molar-refractivity contribution in [3.8, 4) is 0 Å². The molecule has 0 unspecified atom stereocenters. The van der Waals surface area contributed by atoms with Crippen LogP contribution in [0.1, 0.15) is 12.8 Å². The lowest BCUT2D eigenvalue weighted by Gasteiger charge is -2.46. The smallest absolute Gasteiger partial charge is 0.187 e. The van der Waals surface area contributed by atoms with E-state index < -0.39 is 149 Å². The summed E-state index contributed by atoms with van der Waals surface area (Å²) in [4.78, 5) is 0. The van der Waals surface area contributed by atoms with Crippen molar-refractivity contribution < 1.29 is 109 Å². The molecule has 4 heterocycles. The highest BCUT2D eigenvalue weighted by Crippen LogP contribution is 2.31. The van der Waals surface area contributed by atoms with Crippen LogP contribution in [0.4, 0.5) is 0 Å². The van der Waals surface area contributed by atoms with Crippen LogP contribution in [0.2, 0.25) is 0 Å². The van der Waals surface area contributed by atoms with Gasteiger partial charge in [0.2, 0.25) is 0 Å². The van der Waals surface area contributed by atoms with E-state index in [1.165, 1.54) is 0 Å². The van der Waals surface area contributed by atoms with Crippen LogP contribution >= 0.6 is 0 Å². The summed E-state index contributed by atoms with van der Waals surface area (Å²) in [7, 11) is 0. The minimum atomic E-state index is -1.81. The monoisotopic (exact) mass is 738 g/mol. The molecule has 0 aromatic heterocycles. The van der Waals surface area contributed by atoms with Crippen LogP contribution < -0.4 is 0 Å². The van der Waals surface area contributed by atoms with E-state index in [1.54, 1.807) is 0 Å². The molecule has 14 N–H and O–H groups in total. The number of aliphatic hydroxyl groups excluding tert-OH is 14. The van der Waals surface area contributed by atoms with Crippen LogP contribution in [0.25, 0.3) is 0 Å². The third kappa shape index (κ3) is 9.25. The van der Waals surface area contributed by atoms with Gasteiger partial charge in [0, 0.05) is 13.2 Å². The molecule has 0 aliphatic carbocycles. The van der Waals surface area contributed by atoms with E-state index in [0.29, 0.717) is 0 Å². The summed E-state index contributed by atoms with van der Waals surface area (Å²) >= 11 is 0. The molecule has 0 bridgehead atoms. The van der Waals surface area contributed by atoms with E-state index >= 15 is 0 Å². The fraction of sp³-hybridized carbons (Fsp3) is 1.00. The van der Waals surface area contributed by atoms with Crippen molar-refractivity contribution in [2.24, 2.45) is 0 Å². The molecular weight excluding hydrogens is 688 g/mol. The molecule has 0 aromatic carbocycles. The van der Waals surface area contributed by atoms with Gasteiger partial charge in [-0.25, -0.2) is 0 Å². The molecule has 4 fully saturated rings. The first-order valence-corrected chi connectivity index (χ1v) is 16.2. The Morgan fingerprint density at radius 2 is 0.640 bits per heavy atom. The Morgan fingerprint density at radius 1 is 0.340 bits per heavy atom. The highest BCUT2D eigenvalue weighted by atomic mass is 16.8. The molecule has 20 atom stereocenters. The Bertz CT molecular complexity index is 915. The Hall–Kier alpha value is -0.880. The predicted molar refractivity (Wildman–Crippen MR) is 154 cm³/mol. The molecule has 0 spiro atoms. The first kappa shape index (κ1) is 41.9. The Balaban J connectivity index is 1.21. The lowest BCUT2D eigenvalue weighted by molar-refractivity contribution is -0.360. The second-order valence-electron chi connectivity index (χ2n) is 12.5. The average molecular weight is 739 g/mol. The maximum atomic E-state index is 10.7. The maximum Gasteiger partial charge on any atom is 0.187 e. The standard InChI is InChI=1S/C28H50O22/c29-5-9-13(33)15(35)19(39)27(45-9)49-23-11(7-31)47-25(21(41)17(23)37)43-3-1-2-4-44-26-22(42)18(38)24(12(8-32)48-26)50-28-20(40)16(36)14(34)10(6-30)46-28/h9-42H,1-8H2/t9-,10-,11-,12-,13-,14-,15+,16+,17-,18-,19-,20-,21-,22-,23-,24-,25-,26+,27-,28-/m1/s1. The Morgan fingerprint density at radius 3 is 0.960 bits per heavy atom. The van der Waals surface area contributed by atoms with E-state index in [9.17, 15) is 71.5 Å². The zero-order chi connectivity index (χ0) is 36.9. The number of hydrogen-bond donors (Lipinski definition) is 14. The van der Waals surface area contributed by atoms with Crippen molar-refractivity contribution in [1.82, 2.24) is 0 Å². The van der Waals surface area contributed by atoms with Crippen LogP contribution in [-0.2, 0) is 37.9 Å². The van der Waals surface area contributed by atoms with Crippen molar-refractivity contribution in [1.29, 1.82) is 0 Å². The number of ether oxygens (including phenoxy) is 8. The molecule has 4 rings (SSSR count). The first-order chi connectivity index (χ1) is 23.8. The molecule has 0 amide bonds. The summed E-state index contributed by atoms with van der Waals surface area (Å²) in [5, 5.41) is 141. The van der Waals surface area contributed by atoms with Crippen molar-refractivity contribution in [3.63, 3.8) is 0 Å². The molecule has 22 nitrogen and oxygen atoms in total. The molecule has 4 saturated heterocycles. The predicted octanol–water partition coefficient (Wildman–Crippen LogP) is -8.95. The summed E-state index contributed by atoms with van der Waals surface area (Å²) in [6, 6.07) is 0. The first-order valence-electron chi connectivity index (χ1n) is 16.2. The van der Waals surface area contributed by atoms with Gasteiger partial charge in [0.1, 0.15) is 97.7 Å². The topological polar surface area (TPSA) is 357 Å². The van der Waals surface area contributed by atoms with Gasteiger partial charge < -0.3 is 109 Å². The van der Waals surface area contributed by atoms with Gasteiger partial charge in [-0.1, -0.05) is 0 Å². The van der Waals surface area contributed by atoms with Gasteiger partial charge in [0.25, 0.3) is 0 Å². The zero-order valence-corrected chi connectivity index (χ0v) is 26.7. The summed E-state index contributed by atoms with van der Waals surface area (Å²) in [5.41, 5.74) is 0. The second kappa shape index (κ2) is 18.9. The fourth-order valence-corrected chi connectivity index (χ4v) is 5.99. The summed E-state index contributed by atoms with van der Waals surface area (Å²) in [6.07, 6.45) is -31.3. The van der Waals surface area contributed by atoms with Crippen LogP contribution in [0, 0.1) is 0 Å². The van der Waals surface area contributed by atoms with Crippen molar-refractivity contribution >= 4 is 0 Å². The van der Waals surface area contributed by atoms with E-state index in [0.717, 1.165) is 0 Å². The van der Waals surface area contributed by atoms with Gasteiger partial charge in [-0.15, -0.1) is 0 Å². The van der Waals surface area contributed by atoms with E-state index in [2.05, 4.69) is 0 Å². The quantitative estimate of drug-likeness (QED) is 0.0693. The van der Waals surface area contributed by atoms with Crippen LogP contribution in [-0.4, -0.2) is 234 Å². The Kier molecular flexibility index (Phi) is 15.9. The third-order valence-corrected chi connectivity index (χ3v) is 9.02. The number of rotatable bonds is 15. The normalized spacial score (nSPS) is 48.8. The van der Waals surface area contributed by atoms with Crippen molar-refractivity contribution in [2.45, 2.75) is 136 Å². The van der Waals surface area contributed by atoms with Gasteiger partial charge in [-0.3, -0.25) is 0 Å². The highest BCUT2D eigenvalue weighted by Gasteiger charge is 2.52. The van der Waals surface area contributed by atoms with Gasteiger partial charge in [-0.05, 0) is 12.8 Å². The molecule has 4 aliphatic rings. The van der Waals surface area contributed by atoms with Gasteiger partial charge >= 0.3 is 0 Å².